The van der Waals surface area contributed by atoms with Crippen molar-refractivity contribution in [1.82, 2.24) is 14.9 Å². The second kappa shape index (κ2) is 6.95. The van der Waals surface area contributed by atoms with Crippen LogP contribution in [-0.2, 0) is 4.79 Å². The van der Waals surface area contributed by atoms with Gasteiger partial charge in [-0.25, -0.2) is 9.97 Å². The first-order valence-corrected chi connectivity index (χ1v) is 9.39. The van der Waals surface area contributed by atoms with Gasteiger partial charge in [0.2, 0.25) is 5.91 Å². The van der Waals surface area contributed by atoms with Gasteiger partial charge in [-0.3, -0.25) is 4.79 Å². The molecule has 24 heavy (non-hydrogen) atoms. The SMILES string of the molecule is O=C(CC1CC1)N1CCN(c2cc(N3CCCCC3)ncn2)CC1. The van der Waals surface area contributed by atoms with Crippen LogP contribution in [0.1, 0.15) is 38.5 Å². The van der Waals surface area contributed by atoms with E-state index in [0.29, 0.717) is 11.8 Å². The number of carbonyl (C=O) groups is 1. The molecule has 0 unspecified atom stereocenters. The highest BCUT2D eigenvalue weighted by molar-refractivity contribution is 5.77. The number of hydrogen-bond donors (Lipinski definition) is 0. The molecule has 2 aliphatic heterocycles. The molecule has 0 spiro atoms. The molecule has 6 heteroatoms. The highest BCUT2D eigenvalue weighted by Crippen LogP contribution is 2.33. The first kappa shape index (κ1) is 15.7. The third kappa shape index (κ3) is 3.62. The minimum absolute atomic E-state index is 0.342. The second-order valence-corrected chi connectivity index (χ2v) is 7.30. The highest BCUT2D eigenvalue weighted by atomic mass is 16.2. The van der Waals surface area contributed by atoms with Crippen LogP contribution in [0.25, 0.3) is 0 Å². The summed E-state index contributed by atoms with van der Waals surface area (Å²) in [7, 11) is 0. The number of anilines is 2. The molecule has 3 fully saturated rings. The molecule has 0 atom stereocenters. The van der Waals surface area contributed by atoms with Crippen LogP contribution < -0.4 is 9.80 Å². The van der Waals surface area contributed by atoms with E-state index in [4.69, 9.17) is 0 Å². The van der Waals surface area contributed by atoms with Crippen molar-refractivity contribution < 1.29 is 4.79 Å². The average Bonchev–Trinajstić information content (AvgIpc) is 3.47. The molecule has 1 aromatic rings. The predicted octanol–water partition coefficient (Wildman–Crippen LogP) is 1.92. The van der Waals surface area contributed by atoms with E-state index in [1.54, 1.807) is 6.33 Å². The molecule has 0 aromatic carbocycles. The summed E-state index contributed by atoms with van der Waals surface area (Å²) in [6.45, 7) is 5.56. The number of carbonyl (C=O) groups excluding carboxylic acids is 1. The fourth-order valence-corrected chi connectivity index (χ4v) is 3.69. The summed E-state index contributed by atoms with van der Waals surface area (Å²) in [6, 6.07) is 2.12. The molecule has 1 amide bonds. The van der Waals surface area contributed by atoms with Crippen LogP contribution in [0.3, 0.4) is 0 Å². The zero-order chi connectivity index (χ0) is 16.4. The van der Waals surface area contributed by atoms with E-state index >= 15 is 0 Å². The molecule has 130 valence electrons. The van der Waals surface area contributed by atoms with Gasteiger partial charge in [-0.15, -0.1) is 0 Å². The Hall–Kier alpha value is -1.85. The molecule has 2 saturated heterocycles. The Kier molecular flexibility index (Phi) is 4.54. The number of rotatable bonds is 4. The molecular weight excluding hydrogens is 302 g/mol. The number of piperidine rings is 1. The first-order valence-electron chi connectivity index (χ1n) is 9.39. The lowest BCUT2D eigenvalue weighted by Crippen LogP contribution is -2.49. The van der Waals surface area contributed by atoms with Crippen LogP contribution in [0, 0.1) is 5.92 Å². The van der Waals surface area contributed by atoms with Crippen molar-refractivity contribution >= 4 is 17.5 Å². The minimum Gasteiger partial charge on any atom is -0.356 e. The Morgan fingerprint density at radius 1 is 0.917 bits per heavy atom. The average molecular weight is 329 g/mol. The predicted molar refractivity (Wildman–Crippen MR) is 94.2 cm³/mol. The molecule has 3 aliphatic rings. The molecule has 0 radical (unpaired) electrons. The highest BCUT2D eigenvalue weighted by Gasteiger charge is 2.29. The van der Waals surface area contributed by atoms with E-state index < -0.39 is 0 Å². The van der Waals surface area contributed by atoms with Crippen LogP contribution in [-0.4, -0.2) is 60.0 Å². The standard InChI is InChI=1S/C18H27N5O/c24-18(12-15-4-5-15)23-10-8-22(9-11-23)17-13-16(19-14-20-17)21-6-2-1-3-7-21/h13-15H,1-12H2. The Labute approximate surface area is 143 Å². The van der Waals surface area contributed by atoms with Gasteiger partial charge >= 0.3 is 0 Å². The summed E-state index contributed by atoms with van der Waals surface area (Å²) in [4.78, 5) is 27.8. The maximum Gasteiger partial charge on any atom is 0.222 e. The van der Waals surface area contributed by atoms with Crippen LogP contribution >= 0.6 is 0 Å². The lowest BCUT2D eigenvalue weighted by atomic mass is 10.1. The van der Waals surface area contributed by atoms with Crippen LogP contribution in [0.15, 0.2) is 12.4 Å². The lowest BCUT2D eigenvalue weighted by molar-refractivity contribution is -0.131. The summed E-state index contributed by atoms with van der Waals surface area (Å²) in [5, 5.41) is 0. The van der Waals surface area contributed by atoms with Crippen molar-refractivity contribution in [3.8, 4) is 0 Å². The van der Waals surface area contributed by atoms with Gasteiger partial charge < -0.3 is 14.7 Å². The van der Waals surface area contributed by atoms with Crippen molar-refractivity contribution in [2.45, 2.75) is 38.5 Å². The van der Waals surface area contributed by atoms with E-state index in [-0.39, 0.29) is 0 Å². The van der Waals surface area contributed by atoms with Gasteiger partial charge in [0, 0.05) is 51.8 Å². The van der Waals surface area contributed by atoms with Crippen LogP contribution in [0.4, 0.5) is 11.6 Å². The zero-order valence-electron chi connectivity index (χ0n) is 14.4. The normalized spacial score (nSPS) is 21.9. The molecule has 6 nitrogen and oxygen atoms in total. The number of piperazine rings is 1. The molecule has 3 heterocycles. The number of amides is 1. The first-order chi connectivity index (χ1) is 11.8. The van der Waals surface area contributed by atoms with Crippen molar-refractivity contribution in [2.75, 3.05) is 49.1 Å². The Morgan fingerprint density at radius 2 is 1.54 bits per heavy atom. The van der Waals surface area contributed by atoms with E-state index in [0.717, 1.165) is 57.3 Å². The van der Waals surface area contributed by atoms with E-state index in [9.17, 15) is 4.79 Å². The van der Waals surface area contributed by atoms with Gasteiger partial charge in [0.05, 0.1) is 0 Å². The summed E-state index contributed by atoms with van der Waals surface area (Å²) in [5.74, 6) is 3.06. The molecule has 1 saturated carbocycles. The van der Waals surface area contributed by atoms with Crippen molar-refractivity contribution in [2.24, 2.45) is 5.92 Å². The van der Waals surface area contributed by atoms with Gasteiger partial charge in [-0.1, -0.05) is 0 Å². The van der Waals surface area contributed by atoms with Crippen molar-refractivity contribution in [1.29, 1.82) is 0 Å². The summed E-state index contributed by atoms with van der Waals surface area (Å²) >= 11 is 0. The summed E-state index contributed by atoms with van der Waals surface area (Å²) < 4.78 is 0. The molecule has 0 N–H and O–H groups in total. The second-order valence-electron chi connectivity index (χ2n) is 7.30. The third-order valence-corrected chi connectivity index (χ3v) is 5.43. The third-order valence-electron chi connectivity index (χ3n) is 5.43. The zero-order valence-corrected chi connectivity index (χ0v) is 14.4. The monoisotopic (exact) mass is 329 g/mol. The van der Waals surface area contributed by atoms with Crippen molar-refractivity contribution in [3.63, 3.8) is 0 Å². The Balaban J connectivity index is 1.35. The maximum absolute atomic E-state index is 12.2. The molecule has 1 aromatic heterocycles. The van der Waals surface area contributed by atoms with Crippen molar-refractivity contribution in [3.05, 3.63) is 12.4 Å². The minimum atomic E-state index is 0.342. The summed E-state index contributed by atoms with van der Waals surface area (Å²) in [6.07, 6.45) is 8.75. The van der Waals surface area contributed by atoms with Gasteiger partial charge in [-0.2, -0.15) is 0 Å². The quantitative estimate of drug-likeness (QED) is 0.845. The van der Waals surface area contributed by atoms with Gasteiger partial charge in [0.15, 0.2) is 0 Å². The Bertz CT molecular complexity index is 575. The molecule has 4 rings (SSSR count). The van der Waals surface area contributed by atoms with E-state index in [2.05, 4.69) is 25.8 Å². The Morgan fingerprint density at radius 3 is 2.17 bits per heavy atom. The largest absolute Gasteiger partial charge is 0.356 e. The maximum atomic E-state index is 12.2. The number of aromatic nitrogens is 2. The number of nitrogens with zero attached hydrogens (tertiary/aromatic N) is 5. The van der Waals surface area contributed by atoms with Gasteiger partial charge in [-0.05, 0) is 38.0 Å². The molecular formula is C18H27N5O. The van der Waals surface area contributed by atoms with E-state index in [1.165, 1.54) is 32.1 Å². The fraction of sp³-hybridized carbons (Fsp3) is 0.722. The van der Waals surface area contributed by atoms with E-state index in [1.807, 2.05) is 4.90 Å². The van der Waals surface area contributed by atoms with Gasteiger partial charge in [0.1, 0.15) is 18.0 Å². The summed E-state index contributed by atoms with van der Waals surface area (Å²) in [5.41, 5.74) is 0. The van der Waals surface area contributed by atoms with Gasteiger partial charge in [0.25, 0.3) is 0 Å². The van der Waals surface area contributed by atoms with Crippen LogP contribution in [0.5, 0.6) is 0 Å². The van der Waals surface area contributed by atoms with Crippen LogP contribution in [0.2, 0.25) is 0 Å². The topological polar surface area (TPSA) is 52.6 Å². The lowest BCUT2D eigenvalue weighted by Gasteiger charge is -2.36. The smallest absolute Gasteiger partial charge is 0.222 e. The fourth-order valence-electron chi connectivity index (χ4n) is 3.69. The molecule has 0 bridgehead atoms. The number of hydrogen-bond acceptors (Lipinski definition) is 5. The molecule has 1 aliphatic carbocycles.